The number of ether oxygens (including phenoxy) is 1. The molecule has 0 fully saturated rings. The summed E-state index contributed by atoms with van der Waals surface area (Å²) in [6, 6.07) is 8.96. The number of amides is 1. The van der Waals surface area contributed by atoms with Crippen molar-refractivity contribution in [1.82, 2.24) is 4.98 Å². The van der Waals surface area contributed by atoms with Crippen LogP contribution in [-0.2, 0) is 0 Å². The molecule has 6 heteroatoms. The molecule has 0 radical (unpaired) electrons. The minimum absolute atomic E-state index is 0.233. The second-order valence-corrected chi connectivity index (χ2v) is 4.08. The highest BCUT2D eigenvalue weighted by Gasteiger charge is 2.09. The second-order valence-electron chi connectivity index (χ2n) is 4.08. The smallest absolute Gasteiger partial charge is 0.250 e. The van der Waals surface area contributed by atoms with Crippen molar-refractivity contribution in [2.75, 3.05) is 17.7 Å². The van der Waals surface area contributed by atoms with Gasteiger partial charge in [0.05, 0.1) is 29.7 Å². The Kier molecular flexibility index (Phi) is 4.05. The topological polar surface area (TPSA) is 103 Å². The van der Waals surface area contributed by atoms with Gasteiger partial charge in [0.15, 0.2) is 0 Å². The van der Waals surface area contributed by atoms with Gasteiger partial charge in [-0.25, -0.2) is 4.98 Å². The van der Waals surface area contributed by atoms with Crippen molar-refractivity contribution in [3.63, 3.8) is 0 Å². The van der Waals surface area contributed by atoms with Crippen molar-refractivity contribution < 1.29 is 9.53 Å². The third-order valence-corrected chi connectivity index (χ3v) is 2.65. The Hall–Kier alpha value is -2.76. The molecule has 0 spiro atoms. The van der Waals surface area contributed by atoms with E-state index in [4.69, 9.17) is 16.2 Å². The zero-order chi connectivity index (χ0) is 14.5. The molecule has 0 aliphatic rings. The third-order valence-electron chi connectivity index (χ3n) is 2.65. The quantitative estimate of drug-likeness (QED) is 0.771. The highest BCUT2D eigenvalue weighted by Crippen LogP contribution is 2.27. The number of rotatable bonds is 5. The lowest BCUT2D eigenvalue weighted by molar-refractivity contribution is 0.100. The van der Waals surface area contributed by atoms with E-state index < -0.39 is 5.91 Å². The molecule has 6 nitrogen and oxygen atoms in total. The third kappa shape index (κ3) is 2.97. The van der Waals surface area contributed by atoms with Gasteiger partial charge in [-0.15, -0.1) is 0 Å². The fourth-order valence-electron chi connectivity index (χ4n) is 1.74. The van der Waals surface area contributed by atoms with Crippen LogP contribution < -0.4 is 21.5 Å². The van der Waals surface area contributed by atoms with Gasteiger partial charge in [0, 0.05) is 0 Å². The summed E-state index contributed by atoms with van der Waals surface area (Å²) in [7, 11) is 0. The number of pyridine rings is 1. The Morgan fingerprint density at radius 3 is 2.85 bits per heavy atom. The average Bonchev–Trinajstić information content (AvgIpc) is 2.43. The Bertz CT molecular complexity index is 628. The van der Waals surface area contributed by atoms with E-state index in [1.165, 1.54) is 12.3 Å². The highest BCUT2D eigenvalue weighted by molar-refractivity contribution is 5.98. The summed E-state index contributed by atoms with van der Waals surface area (Å²) in [4.78, 5) is 15.4. The molecule has 2 rings (SSSR count). The number of nitrogens with two attached hydrogens (primary N) is 2. The Morgan fingerprint density at radius 1 is 1.40 bits per heavy atom. The van der Waals surface area contributed by atoms with Crippen LogP contribution in [0.1, 0.15) is 17.3 Å². The fourth-order valence-corrected chi connectivity index (χ4v) is 1.74. The first-order valence-corrected chi connectivity index (χ1v) is 6.16. The molecular weight excluding hydrogens is 256 g/mol. The maximum absolute atomic E-state index is 11.3. The summed E-state index contributed by atoms with van der Waals surface area (Å²) >= 11 is 0. The zero-order valence-electron chi connectivity index (χ0n) is 11.1. The van der Waals surface area contributed by atoms with Gasteiger partial charge < -0.3 is 21.5 Å². The van der Waals surface area contributed by atoms with Gasteiger partial charge in [-0.1, -0.05) is 12.1 Å². The lowest BCUT2D eigenvalue weighted by atomic mass is 10.2. The molecular formula is C14H16N4O2. The molecule has 1 amide bonds. The van der Waals surface area contributed by atoms with Crippen molar-refractivity contribution in [2.45, 2.75) is 6.92 Å². The van der Waals surface area contributed by atoms with Gasteiger partial charge in [0.1, 0.15) is 11.6 Å². The van der Waals surface area contributed by atoms with E-state index in [1.807, 2.05) is 31.2 Å². The largest absolute Gasteiger partial charge is 0.492 e. The lowest BCUT2D eigenvalue weighted by Gasteiger charge is -2.12. The first-order chi connectivity index (χ1) is 9.61. The summed E-state index contributed by atoms with van der Waals surface area (Å²) in [5.41, 5.74) is 12.1. The SMILES string of the molecule is CCOc1ccccc1Nc1cc(C(N)=O)c(N)cn1. The van der Waals surface area contributed by atoms with E-state index in [9.17, 15) is 4.79 Å². The maximum Gasteiger partial charge on any atom is 0.250 e. The molecule has 1 aromatic carbocycles. The molecule has 104 valence electrons. The molecule has 5 N–H and O–H groups in total. The van der Waals surface area contributed by atoms with E-state index in [2.05, 4.69) is 10.3 Å². The van der Waals surface area contributed by atoms with E-state index in [1.54, 1.807) is 0 Å². The molecule has 0 unspecified atom stereocenters. The van der Waals surface area contributed by atoms with Gasteiger partial charge in [-0.3, -0.25) is 4.79 Å². The number of para-hydroxylation sites is 2. The molecule has 0 saturated carbocycles. The van der Waals surface area contributed by atoms with Gasteiger partial charge in [-0.2, -0.15) is 0 Å². The van der Waals surface area contributed by atoms with Crippen LogP contribution in [-0.4, -0.2) is 17.5 Å². The number of nitrogens with one attached hydrogen (secondary N) is 1. The first kappa shape index (κ1) is 13.7. The van der Waals surface area contributed by atoms with Crippen molar-refractivity contribution in [1.29, 1.82) is 0 Å². The summed E-state index contributed by atoms with van der Waals surface area (Å²) in [5.74, 6) is 0.584. The molecule has 0 bridgehead atoms. The van der Waals surface area contributed by atoms with Crippen LogP contribution >= 0.6 is 0 Å². The molecule has 0 atom stereocenters. The lowest BCUT2D eigenvalue weighted by Crippen LogP contribution is -2.14. The Balaban J connectivity index is 2.31. The van der Waals surface area contributed by atoms with E-state index in [0.717, 1.165) is 5.69 Å². The van der Waals surface area contributed by atoms with Gasteiger partial charge in [0.25, 0.3) is 5.91 Å². The van der Waals surface area contributed by atoms with Crippen LogP contribution in [0.5, 0.6) is 5.75 Å². The van der Waals surface area contributed by atoms with Crippen LogP contribution in [0.15, 0.2) is 36.5 Å². The van der Waals surface area contributed by atoms with Crippen LogP contribution in [0.2, 0.25) is 0 Å². The van der Waals surface area contributed by atoms with E-state index >= 15 is 0 Å². The summed E-state index contributed by atoms with van der Waals surface area (Å²) in [6.45, 7) is 2.46. The van der Waals surface area contributed by atoms with Gasteiger partial charge in [0.2, 0.25) is 0 Å². The Labute approximate surface area is 116 Å². The maximum atomic E-state index is 11.3. The number of anilines is 3. The van der Waals surface area contributed by atoms with Crippen molar-refractivity contribution in [3.8, 4) is 5.75 Å². The highest BCUT2D eigenvalue weighted by atomic mass is 16.5. The molecule has 20 heavy (non-hydrogen) atoms. The number of benzene rings is 1. The molecule has 0 saturated heterocycles. The van der Waals surface area contributed by atoms with E-state index in [-0.39, 0.29) is 11.3 Å². The molecule has 1 aromatic heterocycles. The molecule has 1 heterocycles. The minimum atomic E-state index is -0.592. The summed E-state index contributed by atoms with van der Waals surface area (Å²) < 4.78 is 5.50. The summed E-state index contributed by atoms with van der Waals surface area (Å²) in [5, 5.41) is 3.08. The van der Waals surface area contributed by atoms with Crippen LogP contribution in [0, 0.1) is 0 Å². The minimum Gasteiger partial charge on any atom is -0.492 e. The Morgan fingerprint density at radius 2 is 2.15 bits per heavy atom. The van der Waals surface area contributed by atoms with Crippen molar-refractivity contribution in [2.24, 2.45) is 5.73 Å². The average molecular weight is 272 g/mol. The normalized spacial score (nSPS) is 10.1. The predicted octanol–water partition coefficient (Wildman–Crippen LogP) is 1.90. The summed E-state index contributed by atoms with van der Waals surface area (Å²) in [6.07, 6.45) is 1.39. The number of hydrogen-bond donors (Lipinski definition) is 3. The zero-order valence-corrected chi connectivity index (χ0v) is 11.1. The second kappa shape index (κ2) is 5.92. The number of nitrogens with zero attached hydrogens (tertiary/aromatic N) is 1. The monoisotopic (exact) mass is 272 g/mol. The first-order valence-electron chi connectivity index (χ1n) is 6.16. The molecule has 0 aliphatic carbocycles. The van der Waals surface area contributed by atoms with Crippen molar-refractivity contribution in [3.05, 3.63) is 42.1 Å². The van der Waals surface area contributed by atoms with Gasteiger partial charge >= 0.3 is 0 Å². The van der Waals surface area contributed by atoms with Gasteiger partial charge in [-0.05, 0) is 25.1 Å². The van der Waals surface area contributed by atoms with Crippen molar-refractivity contribution >= 4 is 23.1 Å². The van der Waals surface area contributed by atoms with E-state index in [0.29, 0.717) is 18.2 Å². The van der Waals surface area contributed by atoms with Crippen LogP contribution in [0.3, 0.4) is 0 Å². The number of carbonyl (C=O) groups is 1. The number of hydrogen-bond acceptors (Lipinski definition) is 5. The molecule has 2 aromatic rings. The van der Waals surface area contributed by atoms with Crippen LogP contribution in [0.4, 0.5) is 17.2 Å². The number of aromatic nitrogens is 1. The van der Waals surface area contributed by atoms with Crippen LogP contribution in [0.25, 0.3) is 0 Å². The predicted molar refractivity (Wildman–Crippen MR) is 78.1 cm³/mol. The number of carbonyl (C=O) groups excluding carboxylic acids is 1. The molecule has 0 aliphatic heterocycles. The number of nitrogen functional groups attached to an aromatic ring is 1. The standard InChI is InChI=1S/C14H16N4O2/c1-2-20-12-6-4-3-5-11(12)18-13-7-9(14(16)19)10(15)8-17-13/h3-8H,2,15H2,1H3,(H2,16,19)(H,17,18). The number of primary amides is 1. The fraction of sp³-hybridized carbons (Fsp3) is 0.143.